The van der Waals surface area contributed by atoms with E-state index in [2.05, 4.69) is 18.0 Å². The van der Waals surface area contributed by atoms with Gasteiger partial charge < -0.3 is 23.5 Å². The Morgan fingerprint density at radius 1 is 0.949 bits per heavy atom. The van der Waals surface area contributed by atoms with Gasteiger partial charge in [0.15, 0.2) is 11.5 Å². The number of hydrogen-bond acceptors (Lipinski definition) is 6. The normalized spacial score (nSPS) is 11.9. The molecule has 0 unspecified atom stereocenters. The minimum Gasteiger partial charge on any atom is -0.494 e. The molecule has 2 aromatic carbocycles. The lowest BCUT2D eigenvalue weighted by Crippen LogP contribution is -2.23. The van der Waals surface area contributed by atoms with Crippen molar-refractivity contribution < 1.29 is 22.6 Å². The Morgan fingerprint density at radius 3 is 2.38 bits per heavy atom. The molecule has 0 saturated carbocycles. The highest BCUT2D eigenvalue weighted by molar-refractivity contribution is 7.91. The molecule has 0 aliphatic heterocycles. The van der Waals surface area contributed by atoms with Crippen LogP contribution in [0.15, 0.2) is 82.8 Å². The number of likely N-dealkylation sites (N-methyl/N-ethyl adjacent to an activating group) is 1. The van der Waals surface area contributed by atoms with E-state index in [4.69, 9.17) is 14.2 Å². The second kappa shape index (κ2) is 12.6. The van der Waals surface area contributed by atoms with Crippen LogP contribution < -0.4 is 14.2 Å². The molecule has 0 fully saturated rings. The lowest BCUT2D eigenvalue weighted by Gasteiger charge is -2.17. The smallest absolute Gasteiger partial charge is 0.209 e. The molecule has 4 aromatic rings. The van der Waals surface area contributed by atoms with E-state index in [1.807, 2.05) is 61.0 Å². The molecule has 0 bridgehead atoms. The first-order chi connectivity index (χ1) is 18.7. The van der Waals surface area contributed by atoms with E-state index in [0.29, 0.717) is 22.8 Å². The molecule has 2 aromatic heterocycles. The maximum atomic E-state index is 13.6. The molecule has 2 heterocycles. The highest BCUT2D eigenvalue weighted by Gasteiger charge is 2.27. The van der Waals surface area contributed by atoms with Crippen LogP contribution in [-0.4, -0.2) is 58.7 Å². The first-order valence-corrected chi connectivity index (χ1v) is 14.7. The monoisotopic (exact) mass is 552 g/mol. The fraction of sp³-hybridized carbons (Fsp3) is 0.355. The van der Waals surface area contributed by atoms with Crippen LogP contribution in [0.5, 0.6) is 17.2 Å². The summed E-state index contributed by atoms with van der Waals surface area (Å²) in [6.07, 6.45) is 5.56. The van der Waals surface area contributed by atoms with Crippen molar-refractivity contribution in [3.63, 3.8) is 0 Å². The molecule has 0 N–H and O–H groups in total. The Labute approximate surface area is 231 Å². The second-order valence-electron chi connectivity index (χ2n) is 9.98. The number of nitrogens with zero attached hydrogens (tertiary/aromatic N) is 2. The molecule has 208 valence electrons. The zero-order chi connectivity index (χ0) is 28.0. The maximum Gasteiger partial charge on any atom is 0.209 e. The fourth-order valence-corrected chi connectivity index (χ4v) is 6.42. The van der Waals surface area contributed by atoms with Crippen molar-refractivity contribution in [1.82, 2.24) is 9.30 Å². The number of methoxy groups -OCH3 is 2. The van der Waals surface area contributed by atoms with Crippen LogP contribution in [0.3, 0.4) is 0 Å². The van der Waals surface area contributed by atoms with Gasteiger partial charge in [0.05, 0.1) is 31.2 Å². The van der Waals surface area contributed by atoms with Crippen LogP contribution in [0.25, 0.3) is 5.52 Å². The SMILES string of the molecule is COc1ccc(CCN(C)CCCOc2ccc(S(=O)(=O)c3c4ccccn4c[14c]3C(C)C)cc2)cc1OC. The molecular formula is C31H38N2O5S. The first-order valence-electron chi connectivity index (χ1n) is 13.2. The molecule has 0 amide bonds. The predicted octanol–water partition coefficient (Wildman–Crippen LogP) is 5.86. The quantitative estimate of drug-likeness (QED) is 0.194. The summed E-state index contributed by atoms with van der Waals surface area (Å²) < 4.78 is 45.8. The van der Waals surface area contributed by atoms with Crippen LogP contribution in [-0.2, 0) is 16.3 Å². The minimum absolute atomic E-state index is 0.0782. The molecule has 0 radical (unpaired) electrons. The number of aromatic nitrogens is 1. The van der Waals surface area contributed by atoms with E-state index >= 15 is 0 Å². The molecule has 0 atom stereocenters. The lowest BCUT2D eigenvalue weighted by molar-refractivity contribution is 0.264. The standard InChI is InChI=1S/C31H38N2O5S/c1-23(2)27-22-33-18-7-6-9-28(33)31(27)39(34,35)26-13-11-25(12-14-26)38-20-8-17-32(3)19-16-24-10-15-29(36-4)30(21-24)37-5/h6-7,9-15,18,21-23H,8,16-17,19-20H2,1-5H3/i27+2. The summed E-state index contributed by atoms with van der Waals surface area (Å²) in [5.41, 5.74) is 2.70. The summed E-state index contributed by atoms with van der Waals surface area (Å²) in [6, 6.07) is 18.4. The zero-order valence-electron chi connectivity index (χ0n) is 23.4. The molecule has 0 aliphatic carbocycles. The Hall–Kier alpha value is -3.49. The van der Waals surface area contributed by atoms with Crippen molar-refractivity contribution in [2.75, 3.05) is 41.0 Å². The van der Waals surface area contributed by atoms with Crippen LogP contribution >= 0.6 is 0 Å². The van der Waals surface area contributed by atoms with Crippen LogP contribution in [0.1, 0.15) is 37.3 Å². The topological polar surface area (TPSA) is 69.5 Å². The number of pyridine rings is 1. The Morgan fingerprint density at radius 2 is 1.69 bits per heavy atom. The van der Waals surface area contributed by atoms with Gasteiger partial charge in [-0.25, -0.2) is 8.42 Å². The molecule has 4 rings (SSSR count). The van der Waals surface area contributed by atoms with Crippen LogP contribution in [0, 0.1) is 0 Å². The number of hydrogen-bond donors (Lipinski definition) is 0. The van der Waals surface area contributed by atoms with Crippen molar-refractivity contribution in [1.29, 1.82) is 0 Å². The predicted molar refractivity (Wildman–Crippen MR) is 154 cm³/mol. The van der Waals surface area contributed by atoms with E-state index in [9.17, 15) is 8.42 Å². The number of sulfone groups is 1. The number of rotatable bonds is 13. The van der Waals surface area contributed by atoms with Crippen molar-refractivity contribution >= 4 is 15.4 Å². The largest absolute Gasteiger partial charge is 0.494 e. The minimum atomic E-state index is -3.69. The molecule has 8 heteroatoms. The van der Waals surface area contributed by atoms with E-state index in [1.54, 1.807) is 38.5 Å². The van der Waals surface area contributed by atoms with Gasteiger partial charge >= 0.3 is 0 Å². The van der Waals surface area contributed by atoms with Crippen molar-refractivity contribution in [3.8, 4) is 17.2 Å². The Bertz CT molecular complexity index is 1490. The molecule has 0 saturated heterocycles. The second-order valence-corrected chi connectivity index (χ2v) is 11.9. The van der Waals surface area contributed by atoms with Crippen LogP contribution in [0.2, 0.25) is 0 Å². The number of ether oxygens (including phenoxy) is 3. The summed E-state index contributed by atoms with van der Waals surface area (Å²) in [6.45, 7) is 6.37. The average Bonchev–Trinajstić information content (AvgIpc) is 3.35. The molecule has 0 aliphatic rings. The van der Waals surface area contributed by atoms with Crippen molar-refractivity contribution in [3.05, 3.63) is 84.2 Å². The van der Waals surface area contributed by atoms with Gasteiger partial charge in [-0.05, 0) is 85.5 Å². The van der Waals surface area contributed by atoms with E-state index < -0.39 is 9.84 Å². The highest BCUT2D eigenvalue weighted by atomic mass is 32.2. The summed E-state index contributed by atoms with van der Waals surface area (Å²) in [4.78, 5) is 2.91. The zero-order valence-corrected chi connectivity index (χ0v) is 24.2. The summed E-state index contributed by atoms with van der Waals surface area (Å²) in [7, 11) is 1.69. The fourth-order valence-electron chi connectivity index (χ4n) is 4.65. The lowest BCUT2D eigenvalue weighted by atomic mass is 10.1. The molecule has 39 heavy (non-hydrogen) atoms. The molecule has 7 nitrogen and oxygen atoms in total. The van der Waals surface area contributed by atoms with Gasteiger partial charge in [-0.3, -0.25) is 0 Å². The van der Waals surface area contributed by atoms with Gasteiger partial charge in [-0.15, -0.1) is 0 Å². The van der Waals surface area contributed by atoms with Gasteiger partial charge in [0.2, 0.25) is 9.84 Å². The third kappa shape index (κ3) is 6.57. The van der Waals surface area contributed by atoms with Gasteiger partial charge in [0.25, 0.3) is 0 Å². The number of fused-ring (bicyclic) bond motifs is 1. The third-order valence-corrected chi connectivity index (χ3v) is 8.75. The van der Waals surface area contributed by atoms with E-state index in [-0.39, 0.29) is 10.8 Å². The average molecular weight is 553 g/mol. The highest BCUT2D eigenvalue weighted by Crippen LogP contribution is 2.34. The van der Waals surface area contributed by atoms with Crippen molar-refractivity contribution in [2.45, 2.75) is 42.4 Å². The van der Waals surface area contributed by atoms with Gasteiger partial charge in [-0.2, -0.15) is 0 Å². The number of benzene rings is 2. The Kier molecular flexibility index (Phi) is 9.20. The van der Waals surface area contributed by atoms with Gasteiger partial charge in [0, 0.05) is 25.5 Å². The maximum absolute atomic E-state index is 13.6. The molecule has 0 spiro atoms. The Balaban J connectivity index is 1.31. The van der Waals surface area contributed by atoms with E-state index in [0.717, 1.165) is 43.0 Å². The summed E-state index contributed by atoms with van der Waals surface area (Å²) in [5.74, 6) is 2.21. The third-order valence-electron chi connectivity index (χ3n) is 6.87. The van der Waals surface area contributed by atoms with Gasteiger partial charge in [-0.1, -0.05) is 26.0 Å². The molecular weight excluding hydrogens is 514 g/mol. The van der Waals surface area contributed by atoms with Crippen LogP contribution in [0.4, 0.5) is 0 Å². The van der Waals surface area contributed by atoms with E-state index in [1.165, 1.54) is 5.56 Å². The summed E-state index contributed by atoms with van der Waals surface area (Å²) in [5, 5.41) is 0. The summed E-state index contributed by atoms with van der Waals surface area (Å²) >= 11 is 0. The van der Waals surface area contributed by atoms with Crippen molar-refractivity contribution in [2.24, 2.45) is 0 Å². The van der Waals surface area contributed by atoms with Gasteiger partial charge in [0.1, 0.15) is 10.6 Å². The first kappa shape index (κ1) is 28.5.